The van der Waals surface area contributed by atoms with Crippen molar-refractivity contribution in [2.24, 2.45) is 5.73 Å². The average molecular weight is 450 g/mol. The van der Waals surface area contributed by atoms with Gasteiger partial charge in [0.1, 0.15) is 17.9 Å². The van der Waals surface area contributed by atoms with Crippen LogP contribution in [0.1, 0.15) is 18.9 Å². The number of hydrogen-bond acceptors (Lipinski definition) is 8. The fourth-order valence-electron chi connectivity index (χ4n) is 2.63. The van der Waals surface area contributed by atoms with Gasteiger partial charge in [0.25, 0.3) is 16.1 Å². The normalized spacial score (nSPS) is 12.3. The number of anilines is 2. The predicted molar refractivity (Wildman–Crippen MR) is 116 cm³/mol. The van der Waals surface area contributed by atoms with Gasteiger partial charge < -0.3 is 20.2 Å². The van der Waals surface area contributed by atoms with Crippen molar-refractivity contribution in [3.63, 3.8) is 0 Å². The van der Waals surface area contributed by atoms with Crippen molar-refractivity contribution in [3.8, 4) is 5.75 Å². The monoisotopic (exact) mass is 449 g/mol. The lowest BCUT2D eigenvalue weighted by molar-refractivity contribution is 0.318. The fourth-order valence-corrected chi connectivity index (χ4v) is 3.65. The van der Waals surface area contributed by atoms with Crippen molar-refractivity contribution >= 4 is 32.9 Å². The number of ether oxygens (including phenoxy) is 1. The molecule has 31 heavy (non-hydrogen) atoms. The van der Waals surface area contributed by atoms with Crippen LogP contribution in [-0.4, -0.2) is 33.2 Å². The Balaban J connectivity index is 1.81. The van der Waals surface area contributed by atoms with E-state index in [0.29, 0.717) is 40.9 Å². The van der Waals surface area contributed by atoms with Gasteiger partial charge in [0, 0.05) is 23.9 Å². The molecule has 0 atom stereocenters. The third-order valence-electron chi connectivity index (χ3n) is 4.38. The van der Waals surface area contributed by atoms with Crippen LogP contribution in [-0.2, 0) is 14.3 Å². The van der Waals surface area contributed by atoms with Crippen LogP contribution in [0.25, 0.3) is 11.1 Å². The maximum Gasteiger partial charge on any atom is 0.300 e. The van der Waals surface area contributed by atoms with E-state index >= 15 is 0 Å². The van der Waals surface area contributed by atoms with Crippen LogP contribution >= 0.6 is 0 Å². The zero-order valence-electron chi connectivity index (χ0n) is 17.2. The molecule has 0 saturated heterocycles. The van der Waals surface area contributed by atoms with Gasteiger partial charge in [-0.2, -0.15) is 13.4 Å². The molecule has 1 aromatic heterocycles. The summed E-state index contributed by atoms with van der Waals surface area (Å²) in [6.45, 7) is 3.86. The van der Waals surface area contributed by atoms with E-state index < -0.39 is 10.1 Å². The average Bonchev–Trinajstić information content (AvgIpc) is 3.16. The Morgan fingerprint density at radius 2 is 2.10 bits per heavy atom. The summed E-state index contributed by atoms with van der Waals surface area (Å²) in [6.07, 6.45) is 1.02. The van der Waals surface area contributed by atoms with Crippen LogP contribution in [0.3, 0.4) is 0 Å². The number of hydrogen-bond donors (Lipinski definition) is 2. The summed E-state index contributed by atoms with van der Waals surface area (Å²) in [7, 11) is -3.85. The van der Waals surface area contributed by atoms with E-state index in [1.54, 1.807) is 24.3 Å². The van der Waals surface area contributed by atoms with Crippen LogP contribution in [0.5, 0.6) is 5.75 Å². The van der Waals surface area contributed by atoms with Crippen molar-refractivity contribution in [2.75, 3.05) is 25.1 Å². The minimum absolute atomic E-state index is 0.0261. The quantitative estimate of drug-likeness (QED) is 0.443. The minimum Gasteiger partial charge on any atom is -0.489 e. The highest BCUT2D eigenvalue weighted by Gasteiger charge is 2.17. The van der Waals surface area contributed by atoms with Crippen molar-refractivity contribution in [3.05, 3.63) is 53.9 Å². The van der Waals surface area contributed by atoms with Gasteiger partial charge in [0.15, 0.2) is 5.58 Å². The number of nitrogens with one attached hydrogen (secondary N) is 1. The first-order valence-electron chi connectivity index (χ1n) is 9.65. The van der Waals surface area contributed by atoms with Gasteiger partial charge in [0.2, 0.25) is 0 Å². The minimum atomic E-state index is -3.85. The summed E-state index contributed by atoms with van der Waals surface area (Å²) in [4.78, 5) is 4.39. The zero-order valence-corrected chi connectivity index (χ0v) is 18.0. The molecule has 8 nitrogen and oxygen atoms in total. The van der Waals surface area contributed by atoms with Gasteiger partial charge >= 0.3 is 0 Å². The number of nitrogens with zero attached hydrogens (tertiary/aromatic N) is 1. The van der Waals surface area contributed by atoms with E-state index in [2.05, 4.69) is 10.3 Å². The lowest BCUT2D eigenvalue weighted by Gasteiger charge is -2.09. The highest BCUT2D eigenvalue weighted by molar-refractivity contribution is 7.86. The first-order valence-corrected chi connectivity index (χ1v) is 11.1. The molecular formula is C21H24FN3O5S. The van der Waals surface area contributed by atoms with Gasteiger partial charge in [0.05, 0.1) is 17.8 Å². The van der Waals surface area contributed by atoms with E-state index in [-0.39, 0.29) is 30.7 Å². The molecule has 3 N–H and O–H groups in total. The zero-order chi connectivity index (χ0) is 22.4. The molecule has 0 aliphatic carbocycles. The molecule has 0 unspecified atom stereocenters. The molecule has 0 fully saturated rings. The SMILES string of the molecule is CCCOS(=O)(=O)c1ccc(C)c(Nc2nc3ccc(OC/C(=C/F)CN)cc3o2)c1. The van der Waals surface area contributed by atoms with Crippen molar-refractivity contribution in [1.29, 1.82) is 0 Å². The third-order valence-corrected chi connectivity index (χ3v) is 5.69. The van der Waals surface area contributed by atoms with Gasteiger partial charge in [-0.25, -0.2) is 4.39 Å². The molecule has 0 radical (unpaired) electrons. The standard InChI is InChI=1S/C21H24FN3O5S/c1-3-8-29-31(26,27)17-6-4-14(2)19(10-17)25-21-24-18-7-5-16(9-20(18)30-21)28-13-15(11-22)12-23/h4-7,9-11H,3,8,12-13,23H2,1-2H3,(H,24,25)/b15-11+. The molecule has 2 aromatic carbocycles. The molecule has 0 spiro atoms. The van der Waals surface area contributed by atoms with E-state index in [4.69, 9.17) is 19.1 Å². The van der Waals surface area contributed by atoms with Crippen LogP contribution < -0.4 is 15.8 Å². The number of rotatable bonds is 10. The van der Waals surface area contributed by atoms with Crippen molar-refractivity contribution < 1.29 is 26.1 Å². The molecule has 10 heteroatoms. The Bertz CT molecular complexity index is 1190. The van der Waals surface area contributed by atoms with Gasteiger partial charge in [-0.3, -0.25) is 4.18 Å². The molecule has 0 amide bonds. The van der Waals surface area contributed by atoms with Crippen molar-refractivity contribution in [1.82, 2.24) is 4.98 Å². The second-order valence-corrected chi connectivity index (χ2v) is 8.40. The van der Waals surface area contributed by atoms with Crippen LogP contribution in [0, 0.1) is 6.92 Å². The van der Waals surface area contributed by atoms with E-state index in [1.165, 1.54) is 12.1 Å². The fraction of sp³-hybridized carbons (Fsp3) is 0.286. The van der Waals surface area contributed by atoms with E-state index in [1.807, 2.05) is 13.8 Å². The van der Waals surface area contributed by atoms with Crippen molar-refractivity contribution in [2.45, 2.75) is 25.2 Å². The first kappa shape index (κ1) is 22.7. The summed E-state index contributed by atoms with van der Waals surface area (Å²) in [5.41, 5.74) is 8.08. The van der Waals surface area contributed by atoms with Crippen LogP contribution in [0.4, 0.5) is 16.1 Å². The van der Waals surface area contributed by atoms with Gasteiger partial charge in [-0.1, -0.05) is 13.0 Å². The molecule has 0 bridgehead atoms. The number of aryl methyl sites for hydroxylation is 1. The number of aromatic nitrogens is 1. The maximum absolute atomic E-state index is 12.6. The lowest BCUT2D eigenvalue weighted by atomic mass is 10.2. The topological polar surface area (TPSA) is 117 Å². The molecule has 1 heterocycles. The Hall–Kier alpha value is -2.95. The Kier molecular flexibility index (Phi) is 7.26. The summed E-state index contributed by atoms with van der Waals surface area (Å²) in [6, 6.07) is 9.84. The highest BCUT2D eigenvalue weighted by Crippen LogP contribution is 2.28. The summed E-state index contributed by atoms with van der Waals surface area (Å²) >= 11 is 0. The Labute approximate surface area is 180 Å². The first-order chi connectivity index (χ1) is 14.9. The number of oxazole rings is 1. The molecule has 3 aromatic rings. The third kappa shape index (κ3) is 5.60. The van der Waals surface area contributed by atoms with Gasteiger partial charge in [-0.15, -0.1) is 0 Å². The van der Waals surface area contributed by atoms with E-state index in [9.17, 15) is 12.8 Å². The Morgan fingerprint density at radius 3 is 2.81 bits per heavy atom. The molecule has 0 saturated carbocycles. The molecule has 3 rings (SSSR count). The molecule has 166 valence electrons. The Morgan fingerprint density at radius 1 is 1.29 bits per heavy atom. The number of benzene rings is 2. The summed E-state index contributed by atoms with van der Waals surface area (Å²) < 4.78 is 53.4. The molecule has 0 aliphatic rings. The molecule has 0 aliphatic heterocycles. The highest BCUT2D eigenvalue weighted by atomic mass is 32.2. The summed E-state index contributed by atoms with van der Waals surface area (Å²) in [5, 5.41) is 3.00. The summed E-state index contributed by atoms with van der Waals surface area (Å²) in [5.74, 6) is 0.473. The maximum atomic E-state index is 12.6. The second-order valence-electron chi connectivity index (χ2n) is 6.79. The molecular weight excluding hydrogens is 425 g/mol. The second kappa shape index (κ2) is 9.90. The van der Waals surface area contributed by atoms with Crippen LogP contribution in [0.2, 0.25) is 0 Å². The number of nitrogens with two attached hydrogens (primary N) is 1. The predicted octanol–water partition coefficient (Wildman–Crippen LogP) is 4.19. The van der Waals surface area contributed by atoms with Crippen LogP contribution in [0.15, 0.2) is 57.6 Å². The van der Waals surface area contributed by atoms with Gasteiger partial charge in [-0.05, 0) is 43.2 Å². The number of fused-ring (bicyclic) bond motifs is 1. The van der Waals surface area contributed by atoms with E-state index in [0.717, 1.165) is 5.56 Å². The largest absolute Gasteiger partial charge is 0.489 e. The smallest absolute Gasteiger partial charge is 0.300 e. The number of halogens is 1. The lowest BCUT2D eigenvalue weighted by Crippen LogP contribution is -2.10.